The predicted molar refractivity (Wildman–Crippen MR) is 120 cm³/mol. The summed E-state index contributed by atoms with van der Waals surface area (Å²) < 4.78 is 13.8. The Labute approximate surface area is 189 Å². The van der Waals surface area contributed by atoms with Crippen molar-refractivity contribution in [2.75, 3.05) is 13.1 Å². The van der Waals surface area contributed by atoms with E-state index in [2.05, 4.69) is 10.6 Å². The first kappa shape index (κ1) is 23.2. The molecule has 0 saturated carbocycles. The standard InChI is InChI=1S/C23H22FN3O4S/c1-15(26-21(29)16-7-3-2-4-8-16)13-20(28)25-11-12-27-22(30)19(32-23(27)31)14-17-9-5-6-10-18(17)24/h2-10,14-15H,11-13H2,1H3,(H,25,28)(H,26,29)/b19-14-. The number of carbonyl (C=O) groups excluding carboxylic acids is 4. The third-order valence-electron chi connectivity index (χ3n) is 4.63. The molecule has 1 fully saturated rings. The van der Waals surface area contributed by atoms with Gasteiger partial charge in [-0.2, -0.15) is 0 Å². The molecule has 9 heteroatoms. The van der Waals surface area contributed by atoms with Gasteiger partial charge in [-0.25, -0.2) is 4.39 Å². The topological polar surface area (TPSA) is 95.6 Å². The number of hydrogen-bond acceptors (Lipinski definition) is 5. The molecule has 0 bridgehead atoms. The van der Waals surface area contributed by atoms with Gasteiger partial charge in [0.15, 0.2) is 0 Å². The van der Waals surface area contributed by atoms with Gasteiger partial charge in [0.25, 0.3) is 17.1 Å². The minimum absolute atomic E-state index is 0.00419. The Balaban J connectivity index is 1.46. The summed E-state index contributed by atoms with van der Waals surface area (Å²) in [4.78, 5) is 50.0. The fourth-order valence-electron chi connectivity index (χ4n) is 3.03. The summed E-state index contributed by atoms with van der Waals surface area (Å²) in [6, 6.07) is 14.2. The van der Waals surface area contributed by atoms with Crippen LogP contribution >= 0.6 is 11.8 Å². The molecule has 166 valence electrons. The molecule has 32 heavy (non-hydrogen) atoms. The maximum Gasteiger partial charge on any atom is 0.293 e. The Hall–Kier alpha value is -3.46. The molecular formula is C23H22FN3O4S. The highest BCUT2D eigenvalue weighted by Crippen LogP contribution is 2.32. The molecule has 2 N–H and O–H groups in total. The molecule has 7 nitrogen and oxygen atoms in total. The fraction of sp³-hybridized carbons (Fsp3) is 0.217. The van der Waals surface area contributed by atoms with Crippen molar-refractivity contribution in [2.24, 2.45) is 0 Å². The molecule has 0 aromatic heterocycles. The summed E-state index contributed by atoms with van der Waals surface area (Å²) in [6.45, 7) is 1.78. The number of nitrogens with one attached hydrogen (secondary N) is 2. The van der Waals surface area contributed by atoms with Crippen molar-refractivity contribution >= 4 is 40.8 Å². The van der Waals surface area contributed by atoms with Gasteiger partial charge in [-0.1, -0.05) is 36.4 Å². The Morgan fingerprint density at radius 3 is 2.50 bits per heavy atom. The lowest BCUT2D eigenvalue weighted by molar-refractivity contribution is -0.124. The average molecular weight is 456 g/mol. The van der Waals surface area contributed by atoms with E-state index in [-0.39, 0.29) is 41.8 Å². The van der Waals surface area contributed by atoms with Crippen molar-refractivity contribution in [3.63, 3.8) is 0 Å². The van der Waals surface area contributed by atoms with Crippen LogP contribution in [0.1, 0.15) is 29.3 Å². The number of amides is 4. The third kappa shape index (κ3) is 6.04. The average Bonchev–Trinajstić information content (AvgIpc) is 3.03. The SMILES string of the molecule is CC(CC(=O)NCCN1C(=O)S/C(=C\c2ccccc2F)C1=O)NC(=O)c1ccccc1. The lowest BCUT2D eigenvalue weighted by atomic mass is 10.1. The van der Waals surface area contributed by atoms with Crippen LogP contribution < -0.4 is 10.6 Å². The van der Waals surface area contributed by atoms with Crippen molar-refractivity contribution in [1.29, 1.82) is 0 Å². The second-order valence-electron chi connectivity index (χ2n) is 7.15. The molecule has 0 aliphatic carbocycles. The van der Waals surface area contributed by atoms with Crippen LogP contribution in [0.5, 0.6) is 0 Å². The molecule has 0 spiro atoms. The van der Waals surface area contributed by atoms with Gasteiger partial charge in [0.05, 0.1) is 4.91 Å². The third-order valence-corrected chi connectivity index (χ3v) is 5.54. The minimum Gasteiger partial charge on any atom is -0.354 e. The number of hydrogen-bond donors (Lipinski definition) is 2. The smallest absolute Gasteiger partial charge is 0.293 e. The van der Waals surface area contributed by atoms with Gasteiger partial charge in [-0.05, 0) is 43.0 Å². The van der Waals surface area contributed by atoms with Crippen molar-refractivity contribution in [3.8, 4) is 0 Å². The summed E-state index contributed by atoms with van der Waals surface area (Å²) in [6.07, 6.45) is 1.39. The Morgan fingerprint density at radius 2 is 1.78 bits per heavy atom. The number of rotatable bonds is 8. The number of thioether (sulfide) groups is 1. The van der Waals surface area contributed by atoms with Gasteiger partial charge in [-0.3, -0.25) is 24.1 Å². The largest absolute Gasteiger partial charge is 0.354 e. The Morgan fingerprint density at radius 1 is 1.09 bits per heavy atom. The molecule has 1 unspecified atom stereocenters. The normalized spacial score (nSPS) is 15.7. The summed E-state index contributed by atoms with van der Waals surface area (Å²) in [5, 5.41) is 4.91. The zero-order chi connectivity index (χ0) is 23.1. The summed E-state index contributed by atoms with van der Waals surface area (Å²) in [7, 11) is 0. The monoisotopic (exact) mass is 455 g/mol. The summed E-state index contributed by atoms with van der Waals surface area (Å²) in [5.41, 5.74) is 0.723. The van der Waals surface area contributed by atoms with E-state index < -0.39 is 23.0 Å². The molecule has 1 aliphatic rings. The number of benzene rings is 2. The van der Waals surface area contributed by atoms with Crippen LogP contribution in [0.15, 0.2) is 59.5 Å². The van der Waals surface area contributed by atoms with Crippen LogP contribution in [-0.2, 0) is 9.59 Å². The van der Waals surface area contributed by atoms with Crippen LogP contribution in [0.4, 0.5) is 9.18 Å². The molecule has 3 rings (SSSR count). The van der Waals surface area contributed by atoms with Gasteiger partial charge < -0.3 is 10.6 Å². The van der Waals surface area contributed by atoms with E-state index in [1.807, 2.05) is 0 Å². The quantitative estimate of drug-likeness (QED) is 0.596. The van der Waals surface area contributed by atoms with E-state index in [4.69, 9.17) is 0 Å². The first-order chi connectivity index (χ1) is 15.3. The second kappa shape index (κ2) is 10.7. The number of carbonyl (C=O) groups is 4. The molecule has 1 atom stereocenters. The number of imide groups is 1. The number of nitrogens with zero attached hydrogens (tertiary/aromatic N) is 1. The molecule has 1 saturated heterocycles. The predicted octanol–water partition coefficient (Wildman–Crippen LogP) is 3.19. The summed E-state index contributed by atoms with van der Waals surface area (Å²) in [5.74, 6) is -1.61. The van der Waals surface area contributed by atoms with Crippen molar-refractivity contribution in [3.05, 3.63) is 76.4 Å². The van der Waals surface area contributed by atoms with Crippen LogP contribution in [0, 0.1) is 5.82 Å². The Kier molecular flexibility index (Phi) is 7.77. The first-order valence-corrected chi connectivity index (χ1v) is 10.8. The van der Waals surface area contributed by atoms with Gasteiger partial charge in [0.2, 0.25) is 5.91 Å². The fourth-order valence-corrected chi connectivity index (χ4v) is 3.89. The van der Waals surface area contributed by atoms with Gasteiger partial charge >= 0.3 is 0 Å². The highest BCUT2D eigenvalue weighted by molar-refractivity contribution is 8.18. The van der Waals surface area contributed by atoms with E-state index in [0.29, 0.717) is 5.56 Å². The molecule has 1 aliphatic heterocycles. The first-order valence-electron chi connectivity index (χ1n) is 9.97. The van der Waals surface area contributed by atoms with E-state index >= 15 is 0 Å². The zero-order valence-electron chi connectivity index (χ0n) is 17.3. The van der Waals surface area contributed by atoms with E-state index in [9.17, 15) is 23.6 Å². The zero-order valence-corrected chi connectivity index (χ0v) is 18.2. The second-order valence-corrected chi connectivity index (χ2v) is 8.14. The lowest BCUT2D eigenvalue weighted by Gasteiger charge is -2.15. The number of halogens is 1. The molecule has 0 radical (unpaired) electrons. The summed E-state index contributed by atoms with van der Waals surface area (Å²) >= 11 is 0.731. The Bertz CT molecular complexity index is 1060. The molecule has 1 heterocycles. The van der Waals surface area contributed by atoms with Crippen molar-refractivity contribution in [2.45, 2.75) is 19.4 Å². The van der Waals surface area contributed by atoms with Crippen LogP contribution in [0.25, 0.3) is 6.08 Å². The van der Waals surface area contributed by atoms with Gasteiger partial charge in [-0.15, -0.1) is 0 Å². The molecule has 2 aromatic rings. The van der Waals surface area contributed by atoms with Crippen LogP contribution in [0.3, 0.4) is 0 Å². The molecule has 4 amide bonds. The van der Waals surface area contributed by atoms with E-state index in [0.717, 1.165) is 16.7 Å². The van der Waals surface area contributed by atoms with Gasteiger partial charge in [0, 0.05) is 36.7 Å². The highest BCUT2D eigenvalue weighted by Gasteiger charge is 2.34. The van der Waals surface area contributed by atoms with E-state index in [1.165, 1.54) is 24.3 Å². The van der Waals surface area contributed by atoms with Gasteiger partial charge in [0.1, 0.15) is 5.82 Å². The minimum atomic E-state index is -0.527. The maximum atomic E-state index is 13.8. The van der Waals surface area contributed by atoms with Crippen molar-refractivity contribution in [1.82, 2.24) is 15.5 Å². The van der Waals surface area contributed by atoms with Crippen molar-refractivity contribution < 1.29 is 23.6 Å². The highest BCUT2D eigenvalue weighted by atomic mass is 32.2. The molecular weight excluding hydrogens is 433 g/mol. The lowest BCUT2D eigenvalue weighted by Crippen LogP contribution is -2.40. The maximum absolute atomic E-state index is 13.8. The molecule has 2 aromatic carbocycles. The van der Waals surface area contributed by atoms with Crippen LogP contribution in [-0.4, -0.2) is 47.0 Å². The van der Waals surface area contributed by atoms with E-state index in [1.54, 1.807) is 43.3 Å². The van der Waals surface area contributed by atoms with Crippen LogP contribution in [0.2, 0.25) is 0 Å².